The van der Waals surface area contributed by atoms with Gasteiger partial charge in [0, 0.05) is 19.3 Å². The zero-order valence-electron chi connectivity index (χ0n) is 16.6. The van der Waals surface area contributed by atoms with Crippen molar-refractivity contribution in [3.8, 4) is 5.82 Å². The Hall–Kier alpha value is -2.75. The molecule has 9 nitrogen and oxygen atoms in total. The van der Waals surface area contributed by atoms with Gasteiger partial charge in [0.25, 0.3) is 5.91 Å². The molecule has 3 heterocycles. The molecule has 10 heteroatoms. The summed E-state index contributed by atoms with van der Waals surface area (Å²) in [5, 5.41) is 4.26. The number of amides is 1. The lowest BCUT2D eigenvalue weighted by atomic mass is 10.1. The number of hydrogen-bond acceptors (Lipinski definition) is 7. The fourth-order valence-corrected chi connectivity index (χ4v) is 5.10. The van der Waals surface area contributed by atoms with Crippen molar-refractivity contribution >= 4 is 21.7 Å². The van der Waals surface area contributed by atoms with Gasteiger partial charge in [-0.15, -0.1) is 0 Å². The molecule has 0 saturated carbocycles. The summed E-state index contributed by atoms with van der Waals surface area (Å²) >= 11 is 0. The van der Waals surface area contributed by atoms with E-state index in [1.807, 2.05) is 19.9 Å². The topological polar surface area (TPSA) is 111 Å². The smallest absolute Gasteiger partial charge is 0.342 e. The number of nitrogens with zero attached hydrogens (tertiary/aromatic N) is 4. The van der Waals surface area contributed by atoms with Crippen LogP contribution < -0.4 is 0 Å². The Morgan fingerprint density at radius 3 is 2.69 bits per heavy atom. The minimum Gasteiger partial charge on any atom is -0.452 e. The number of rotatable bonds is 6. The number of pyridine rings is 1. The SMILES string of the molecule is CC(C)c1c(C(=O)OCC(=O)N(C)C2CCS(=O)(=O)C2)cnn1-c1ccccn1. The maximum Gasteiger partial charge on any atom is 0.342 e. The van der Waals surface area contributed by atoms with Crippen molar-refractivity contribution < 1.29 is 22.7 Å². The van der Waals surface area contributed by atoms with Crippen molar-refractivity contribution in [3.05, 3.63) is 41.9 Å². The number of carbonyl (C=O) groups is 2. The molecule has 1 aliphatic heterocycles. The second-order valence-electron chi connectivity index (χ2n) is 7.34. The van der Waals surface area contributed by atoms with E-state index in [0.29, 0.717) is 17.9 Å². The van der Waals surface area contributed by atoms with Gasteiger partial charge >= 0.3 is 5.97 Å². The van der Waals surface area contributed by atoms with Crippen LogP contribution in [-0.2, 0) is 19.4 Å². The summed E-state index contributed by atoms with van der Waals surface area (Å²) in [5.41, 5.74) is 0.904. The molecular formula is C19H24N4O5S. The van der Waals surface area contributed by atoms with Crippen molar-refractivity contribution in [2.75, 3.05) is 25.2 Å². The molecule has 1 unspecified atom stereocenters. The fraction of sp³-hybridized carbons (Fsp3) is 0.474. The van der Waals surface area contributed by atoms with Crippen molar-refractivity contribution in [2.24, 2.45) is 0 Å². The van der Waals surface area contributed by atoms with Crippen molar-refractivity contribution in [3.63, 3.8) is 0 Å². The van der Waals surface area contributed by atoms with Gasteiger partial charge in [-0.3, -0.25) is 4.79 Å². The highest BCUT2D eigenvalue weighted by atomic mass is 32.2. The molecule has 1 saturated heterocycles. The lowest BCUT2D eigenvalue weighted by Gasteiger charge is -2.23. The Morgan fingerprint density at radius 2 is 2.10 bits per heavy atom. The second kappa shape index (κ2) is 8.32. The third-order valence-corrected chi connectivity index (χ3v) is 6.67. The molecule has 0 spiro atoms. The van der Waals surface area contributed by atoms with E-state index in [1.165, 1.54) is 18.1 Å². The Morgan fingerprint density at radius 1 is 1.34 bits per heavy atom. The third kappa shape index (κ3) is 4.64. The minimum absolute atomic E-state index is 0.0378. The summed E-state index contributed by atoms with van der Waals surface area (Å²) in [5.74, 6) is -0.546. The van der Waals surface area contributed by atoms with Crippen LogP contribution in [0.4, 0.5) is 0 Å². The Balaban J connectivity index is 1.70. The number of sulfone groups is 1. The Labute approximate surface area is 169 Å². The molecule has 1 atom stereocenters. The molecule has 3 rings (SSSR count). The summed E-state index contributed by atoms with van der Waals surface area (Å²) in [4.78, 5) is 30.6. The number of likely N-dealkylation sites (N-methyl/N-ethyl adjacent to an activating group) is 1. The molecule has 1 aliphatic rings. The first kappa shape index (κ1) is 21.0. The van der Waals surface area contributed by atoms with Gasteiger partial charge in [-0.25, -0.2) is 22.9 Å². The first-order valence-corrected chi connectivity index (χ1v) is 11.1. The highest BCUT2D eigenvalue weighted by molar-refractivity contribution is 7.91. The molecule has 2 aromatic heterocycles. The number of hydrogen-bond donors (Lipinski definition) is 0. The summed E-state index contributed by atoms with van der Waals surface area (Å²) in [7, 11) is -1.58. The van der Waals surface area contributed by atoms with Crippen LogP contribution in [0.1, 0.15) is 42.2 Å². The van der Waals surface area contributed by atoms with Crippen molar-refractivity contribution in [1.29, 1.82) is 0 Å². The molecule has 29 heavy (non-hydrogen) atoms. The molecule has 1 fully saturated rings. The van der Waals surface area contributed by atoms with Gasteiger partial charge in [0.15, 0.2) is 22.3 Å². The number of carbonyl (C=O) groups excluding carboxylic acids is 2. The van der Waals surface area contributed by atoms with E-state index in [0.717, 1.165) is 0 Å². The van der Waals surface area contributed by atoms with Gasteiger partial charge in [-0.2, -0.15) is 5.10 Å². The van der Waals surface area contributed by atoms with Crippen LogP contribution in [-0.4, -0.2) is 71.2 Å². The molecule has 0 aliphatic carbocycles. The van der Waals surface area contributed by atoms with Gasteiger partial charge in [0.1, 0.15) is 5.56 Å². The zero-order valence-corrected chi connectivity index (χ0v) is 17.4. The van der Waals surface area contributed by atoms with Crippen LogP contribution in [0.3, 0.4) is 0 Å². The van der Waals surface area contributed by atoms with E-state index in [9.17, 15) is 18.0 Å². The van der Waals surface area contributed by atoms with Gasteiger partial charge in [0.05, 0.1) is 23.4 Å². The molecular weight excluding hydrogens is 396 g/mol. The predicted molar refractivity (Wildman–Crippen MR) is 106 cm³/mol. The van der Waals surface area contributed by atoms with Gasteiger partial charge in [-0.05, 0) is 24.5 Å². The van der Waals surface area contributed by atoms with Crippen LogP contribution in [0.5, 0.6) is 0 Å². The van der Waals surface area contributed by atoms with Crippen molar-refractivity contribution in [2.45, 2.75) is 32.2 Å². The molecule has 156 valence electrons. The zero-order chi connectivity index (χ0) is 21.2. The molecule has 0 radical (unpaired) electrons. The monoisotopic (exact) mass is 420 g/mol. The summed E-state index contributed by atoms with van der Waals surface area (Å²) in [6, 6.07) is 5.00. The van der Waals surface area contributed by atoms with Gasteiger partial charge in [-0.1, -0.05) is 19.9 Å². The first-order valence-electron chi connectivity index (χ1n) is 9.32. The molecule has 0 bridgehead atoms. The summed E-state index contributed by atoms with van der Waals surface area (Å²) in [6.07, 6.45) is 3.44. The normalized spacial score (nSPS) is 18.0. The van der Waals surface area contributed by atoms with Crippen LogP contribution in [0.25, 0.3) is 5.82 Å². The van der Waals surface area contributed by atoms with E-state index in [2.05, 4.69) is 10.1 Å². The highest BCUT2D eigenvalue weighted by Gasteiger charge is 2.33. The lowest BCUT2D eigenvalue weighted by molar-refractivity contribution is -0.134. The van der Waals surface area contributed by atoms with Crippen molar-refractivity contribution in [1.82, 2.24) is 19.7 Å². The molecule has 0 N–H and O–H groups in total. The minimum atomic E-state index is -3.11. The van der Waals surface area contributed by atoms with Crippen LogP contribution in [0.2, 0.25) is 0 Å². The molecule has 2 aromatic rings. The predicted octanol–water partition coefficient (Wildman–Crippen LogP) is 1.19. The molecule has 0 aromatic carbocycles. The summed E-state index contributed by atoms with van der Waals surface area (Å²) < 4.78 is 30.0. The maximum absolute atomic E-state index is 12.6. The summed E-state index contributed by atoms with van der Waals surface area (Å²) in [6.45, 7) is 3.39. The van der Waals surface area contributed by atoms with Gasteiger partial charge in [0.2, 0.25) is 0 Å². The number of esters is 1. The standard InChI is InChI=1S/C19H24N4O5S/c1-13(2)18-15(10-21-23(18)16-6-4-5-8-20-16)19(25)28-11-17(24)22(3)14-7-9-29(26,27)12-14/h4-6,8,10,13-14H,7,9,11-12H2,1-3H3. The van der Waals surface area contributed by atoms with E-state index in [4.69, 9.17) is 4.74 Å². The Bertz CT molecular complexity index is 1000. The van der Waals surface area contributed by atoms with Crippen LogP contribution in [0, 0.1) is 0 Å². The lowest BCUT2D eigenvalue weighted by Crippen LogP contribution is -2.40. The number of aromatic nitrogens is 3. The number of ether oxygens (including phenoxy) is 1. The maximum atomic E-state index is 12.6. The average Bonchev–Trinajstić information content (AvgIpc) is 3.29. The van der Waals surface area contributed by atoms with E-state index in [1.54, 1.807) is 23.0 Å². The second-order valence-corrected chi connectivity index (χ2v) is 9.56. The third-order valence-electron chi connectivity index (χ3n) is 4.92. The van der Waals surface area contributed by atoms with Crippen LogP contribution in [0.15, 0.2) is 30.6 Å². The largest absolute Gasteiger partial charge is 0.452 e. The highest BCUT2D eigenvalue weighted by Crippen LogP contribution is 2.23. The fourth-order valence-electron chi connectivity index (χ4n) is 3.32. The van der Waals surface area contributed by atoms with E-state index >= 15 is 0 Å². The van der Waals surface area contributed by atoms with Crippen LogP contribution >= 0.6 is 0 Å². The quantitative estimate of drug-likeness (QED) is 0.645. The van der Waals surface area contributed by atoms with E-state index < -0.39 is 28.3 Å². The average molecular weight is 420 g/mol. The van der Waals surface area contributed by atoms with E-state index in [-0.39, 0.29) is 29.0 Å². The Kier molecular flexibility index (Phi) is 6.02. The van der Waals surface area contributed by atoms with Gasteiger partial charge < -0.3 is 9.64 Å². The molecule has 1 amide bonds. The first-order chi connectivity index (χ1) is 13.7.